The van der Waals surface area contributed by atoms with Crippen LogP contribution in [0.25, 0.3) is 0 Å². The molecule has 1 aromatic rings. The number of aliphatic carboxylic acids is 1. The number of hydrogen-bond donors (Lipinski definition) is 3. The second kappa shape index (κ2) is 3.55. The molecule has 0 fully saturated rings. The Bertz CT molecular complexity index is 296. The van der Waals surface area contributed by atoms with Gasteiger partial charge in [0.25, 0.3) is 0 Å². The molecule has 0 unspecified atom stereocenters. The number of hydrogen-bond acceptors (Lipinski definition) is 3. The molecule has 0 amide bonds. The summed E-state index contributed by atoms with van der Waals surface area (Å²) >= 11 is 0. The topological polar surface area (TPSA) is 89.3 Å². The monoisotopic (exact) mass is 180 g/mol. The largest absolute Gasteiger partial charge is 0.481 e. The summed E-state index contributed by atoms with van der Waals surface area (Å²) in [7, 11) is 0. The van der Waals surface area contributed by atoms with Gasteiger partial charge >= 0.3 is 5.97 Å². The molecule has 0 saturated heterocycles. The Labute approximate surface area is 76.2 Å². The summed E-state index contributed by atoms with van der Waals surface area (Å²) in [6.07, 6.45) is -0.281. The minimum atomic E-state index is -1.28. The summed E-state index contributed by atoms with van der Waals surface area (Å²) in [6.45, 7) is 0. The van der Waals surface area contributed by atoms with Crippen molar-refractivity contribution in [2.24, 2.45) is 11.5 Å². The van der Waals surface area contributed by atoms with Crippen molar-refractivity contribution >= 4 is 5.97 Å². The van der Waals surface area contributed by atoms with E-state index in [-0.39, 0.29) is 6.42 Å². The van der Waals surface area contributed by atoms with Gasteiger partial charge in [-0.3, -0.25) is 4.79 Å². The molecule has 13 heavy (non-hydrogen) atoms. The normalized spacial score (nSPS) is 11.2. The molecule has 1 aromatic carbocycles. The van der Waals surface area contributed by atoms with Gasteiger partial charge in [-0.2, -0.15) is 0 Å². The van der Waals surface area contributed by atoms with Crippen LogP contribution in [-0.4, -0.2) is 11.1 Å². The van der Waals surface area contributed by atoms with Crippen molar-refractivity contribution in [1.82, 2.24) is 0 Å². The van der Waals surface area contributed by atoms with E-state index in [1.54, 1.807) is 24.3 Å². The summed E-state index contributed by atoms with van der Waals surface area (Å²) < 4.78 is 0. The zero-order valence-corrected chi connectivity index (χ0v) is 7.10. The van der Waals surface area contributed by atoms with E-state index in [0.717, 1.165) is 0 Å². The van der Waals surface area contributed by atoms with Crippen LogP contribution < -0.4 is 11.5 Å². The van der Waals surface area contributed by atoms with E-state index in [1.165, 1.54) is 0 Å². The Balaban J connectivity index is 2.87. The lowest BCUT2D eigenvalue weighted by atomic mass is 9.98. The molecule has 0 aliphatic rings. The first-order chi connectivity index (χ1) is 6.02. The summed E-state index contributed by atoms with van der Waals surface area (Å²) in [5.74, 6) is -1.01. The molecule has 0 aliphatic carbocycles. The maximum absolute atomic E-state index is 10.4. The lowest BCUT2D eigenvalue weighted by Gasteiger charge is -2.22. The lowest BCUT2D eigenvalue weighted by Crippen LogP contribution is -2.47. The zero-order chi connectivity index (χ0) is 9.90. The van der Waals surface area contributed by atoms with Gasteiger partial charge in [0.1, 0.15) is 5.66 Å². The van der Waals surface area contributed by atoms with Gasteiger partial charge in [-0.1, -0.05) is 30.3 Å². The molecule has 0 saturated carbocycles. The molecule has 0 atom stereocenters. The van der Waals surface area contributed by atoms with Crippen LogP contribution in [0.4, 0.5) is 0 Å². The average Bonchev–Trinajstić information content (AvgIpc) is 2.04. The first-order valence-corrected chi connectivity index (χ1v) is 3.87. The molecule has 0 radical (unpaired) electrons. The molecule has 4 heteroatoms. The van der Waals surface area contributed by atoms with Crippen molar-refractivity contribution in [3.8, 4) is 0 Å². The molecule has 0 bridgehead atoms. The Morgan fingerprint density at radius 2 is 1.85 bits per heavy atom. The van der Waals surface area contributed by atoms with Gasteiger partial charge in [0.2, 0.25) is 0 Å². The Hall–Kier alpha value is -1.39. The van der Waals surface area contributed by atoms with Crippen LogP contribution in [-0.2, 0) is 10.5 Å². The van der Waals surface area contributed by atoms with E-state index in [4.69, 9.17) is 16.6 Å². The SMILES string of the molecule is NC(N)(CC(=O)O)c1ccccc1. The van der Waals surface area contributed by atoms with E-state index in [9.17, 15) is 4.79 Å². The van der Waals surface area contributed by atoms with Crippen LogP contribution in [0.1, 0.15) is 12.0 Å². The minimum Gasteiger partial charge on any atom is -0.481 e. The van der Waals surface area contributed by atoms with Crippen LogP contribution in [0.2, 0.25) is 0 Å². The van der Waals surface area contributed by atoms with Gasteiger partial charge in [0, 0.05) is 0 Å². The quantitative estimate of drug-likeness (QED) is 0.581. The first kappa shape index (κ1) is 9.70. The number of benzene rings is 1. The minimum absolute atomic E-state index is 0.281. The Kier molecular flexibility index (Phi) is 2.65. The van der Waals surface area contributed by atoms with Gasteiger partial charge in [0.15, 0.2) is 0 Å². The predicted molar refractivity (Wildman–Crippen MR) is 48.7 cm³/mol. The third kappa shape index (κ3) is 2.54. The van der Waals surface area contributed by atoms with E-state index in [2.05, 4.69) is 0 Å². The maximum atomic E-state index is 10.4. The fraction of sp³-hybridized carbons (Fsp3) is 0.222. The highest BCUT2D eigenvalue weighted by molar-refractivity contribution is 5.68. The van der Waals surface area contributed by atoms with Gasteiger partial charge in [0.05, 0.1) is 6.42 Å². The second-order valence-corrected chi connectivity index (χ2v) is 2.98. The molecule has 70 valence electrons. The van der Waals surface area contributed by atoms with Gasteiger partial charge < -0.3 is 16.6 Å². The number of carboxylic acids is 1. The van der Waals surface area contributed by atoms with Crippen molar-refractivity contribution in [2.45, 2.75) is 12.1 Å². The fourth-order valence-electron chi connectivity index (χ4n) is 1.10. The summed E-state index contributed by atoms with van der Waals surface area (Å²) in [5, 5.41) is 8.55. The number of carboxylic acid groups (broad SMARTS) is 1. The van der Waals surface area contributed by atoms with E-state index < -0.39 is 11.6 Å². The first-order valence-electron chi connectivity index (χ1n) is 3.87. The molecule has 0 spiro atoms. The molecule has 0 aliphatic heterocycles. The van der Waals surface area contributed by atoms with Crippen molar-refractivity contribution in [3.05, 3.63) is 35.9 Å². The predicted octanol–water partition coefficient (Wildman–Crippen LogP) is 0.232. The van der Waals surface area contributed by atoms with Crippen molar-refractivity contribution in [2.75, 3.05) is 0 Å². The molecular formula is C9H12N2O2. The van der Waals surface area contributed by atoms with Crippen molar-refractivity contribution in [1.29, 1.82) is 0 Å². The molecule has 0 heterocycles. The third-order valence-electron chi connectivity index (χ3n) is 1.75. The van der Waals surface area contributed by atoms with Crippen LogP contribution in [0.3, 0.4) is 0 Å². The number of carbonyl (C=O) groups is 1. The molecular weight excluding hydrogens is 168 g/mol. The second-order valence-electron chi connectivity index (χ2n) is 2.98. The number of nitrogens with two attached hydrogens (primary N) is 2. The smallest absolute Gasteiger partial charge is 0.306 e. The van der Waals surface area contributed by atoms with E-state index >= 15 is 0 Å². The van der Waals surface area contributed by atoms with Gasteiger partial charge in [-0.15, -0.1) is 0 Å². The van der Waals surface area contributed by atoms with E-state index in [0.29, 0.717) is 5.56 Å². The molecule has 4 nitrogen and oxygen atoms in total. The highest BCUT2D eigenvalue weighted by atomic mass is 16.4. The fourth-order valence-corrected chi connectivity index (χ4v) is 1.10. The standard InChI is InChI=1S/C9H12N2O2/c10-9(11,6-8(12)13)7-4-2-1-3-5-7/h1-5H,6,10-11H2,(H,12,13). The Morgan fingerprint density at radius 3 is 2.31 bits per heavy atom. The van der Waals surface area contributed by atoms with Gasteiger partial charge in [-0.25, -0.2) is 0 Å². The maximum Gasteiger partial charge on any atom is 0.306 e. The molecule has 0 aromatic heterocycles. The van der Waals surface area contributed by atoms with E-state index in [1.807, 2.05) is 6.07 Å². The van der Waals surface area contributed by atoms with Crippen LogP contribution >= 0.6 is 0 Å². The Morgan fingerprint density at radius 1 is 1.31 bits per heavy atom. The van der Waals surface area contributed by atoms with Gasteiger partial charge in [-0.05, 0) is 5.56 Å². The van der Waals surface area contributed by atoms with Crippen molar-refractivity contribution in [3.63, 3.8) is 0 Å². The summed E-state index contributed by atoms with van der Waals surface area (Å²) in [4.78, 5) is 10.4. The summed E-state index contributed by atoms with van der Waals surface area (Å²) in [6, 6.07) is 8.78. The molecule has 1 rings (SSSR count). The number of rotatable bonds is 3. The highest BCUT2D eigenvalue weighted by Gasteiger charge is 2.24. The highest BCUT2D eigenvalue weighted by Crippen LogP contribution is 2.15. The molecule has 5 N–H and O–H groups in total. The van der Waals surface area contributed by atoms with Crippen LogP contribution in [0.15, 0.2) is 30.3 Å². The van der Waals surface area contributed by atoms with Crippen LogP contribution in [0.5, 0.6) is 0 Å². The van der Waals surface area contributed by atoms with Crippen molar-refractivity contribution < 1.29 is 9.90 Å². The average molecular weight is 180 g/mol. The third-order valence-corrected chi connectivity index (χ3v) is 1.75. The lowest BCUT2D eigenvalue weighted by molar-refractivity contribution is -0.138. The summed E-state index contributed by atoms with van der Waals surface area (Å²) in [5.41, 5.74) is 10.6. The van der Waals surface area contributed by atoms with Crippen LogP contribution in [0, 0.1) is 0 Å². The zero-order valence-electron chi connectivity index (χ0n) is 7.10.